The maximum atomic E-state index is 9.48. The summed E-state index contributed by atoms with van der Waals surface area (Å²) in [7, 11) is 0. The average Bonchev–Trinajstić information content (AvgIpc) is 2.98. The molecule has 0 saturated carbocycles. The number of benzene rings is 1. The predicted molar refractivity (Wildman–Crippen MR) is 71.4 cm³/mol. The first kappa shape index (κ1) is 11.2. The first-order chi connectivity index (χ1) is 8.67. The Labute approximate surface area is 109 Å². The molecule has 2 heterocycles. The Morgan fingerprint density at radius 3 is 2.94 bits per heavy atom. The van der Waals surface area contributed by atoms with Gasteiger partial charge in [0.05, 0.1) is 6.26 Å². The van der Waals surface area contributed by atoms with E-state index in [1.165, 1.54) is 0 Å². The molecule has 2 N–H and O–H groups in total. The van der Waals surface area contributed by atoms with Crippen LogP contribution in [0.15, 0.2) is 52.2 Å². The van der Waals surface area contributed by atoms with Crippen LogP contribution in [0, 0.1) is 0 Å². The smallest absolute Gasteiger partial charge is 0.160 e. The molecule has 18 heavy (non-hydrogen) atoms. The normalized spacial score (nSPS) is 22.6. The lowest BCUT2D eigenvalue weighted by molar-refractivity contribution is 0.414. The molecule has 0 aliphatic carbocycles. The first-order valence-corrected chi connectivity index (χ1v) is 6.36. The van der Waals surface area contributed by atoms with Crippen molar-refractivity contribution in [2.45, 2.75) is 11.8 Å². The number of hydrogen-bond donors (Lipinski definition) is 2. The minimum Gasteiger partial charge on any atom is -0.508 e. The van der Waals surface area contributed by atoms with E-state index in [2.05, 4.69) is 10.5 Å². The molecule has 1 aliphatic rings. The van der Waals surface area contributed by atoms with Crippen molar-refractivity contribution < 1.29 is 9.52 Å². The summed E-state index contributed by atoms with van der Waals surface area (Å²) in [6, 6.07) is 10.8. The second-order valence-corrected chi connectivity index (χ2v) is 5.60. The molecule has 92 valence electrons. The fourth-order valence-electron chi connectivity index (χ4n) is 1.81. The van der Waals surface area contributed by atoms with Crippen LogP contribution in [0.25, 0.3) is 0 Å². The van der Waals surface area contributed by atoms with Gasteiger partial charge in [-0.2, -0.15) is 5.10 Å². The summed E-state index contributed by atoms with van der Waals surface area (Å²) in [4.78, 5) is -0.399. The van der Waals surface area contributed by atoms with Crippen LogP contribution in [0.2, 0.25) is 0 Å². The third-order valence-corrected chi connectivity index (χ3v) is 3.98. The van der Waals surface area contributed by atoms with Gasteiger partial charge in [-0.3, -0.25) is 5.43 Å². The minimum atomic E-state index is -0.399. The number of hydrogen-bond acceptors (Lipinski definition) is 5. The van der Waals surface area contributed by atoms with E-state index in [0.29, 0.717) is 0 Å². The van der Waals surface area contributed by atoms with Crippen molar-refractivity contribution >= 4 is 16.8 Å². The van der Waals surface area contributed by atoms with Crippen molar-refractivity contribution in [2.75, 3.05) is 0 Å². The van der Waals surface area contributed by atoms with Gasteiger partial charge in [-0.25, -0.2) is 0 Å². The minimum absolute atomic E-state index is 0.238. The molecule has 2 aromatic rings. The monoisotopic (exact) mass is 260 g/mol. The molecule has 1 unspecified atom stereocenters. The van der Waals surface area contributed by atoms with Crippen LogP contribution in [-0.4, -0.2) is 10.2 Å². The number of furan rings is 1. The van der Waals surface area contributed by atoms with E-state index in [1.54, 1.807) is 36.2 Å². The highest BCUT2D eigenvalue weighted by atomic mass is 32.2. The van der Waals surface area contributed by atoms with Crippen molar-refractivity contribution in [1.82, 2.24) is 5.43 Å². The molecule has 0 spiro atoms. The van der Waals surface area contributed by atoms with E-state index < -0.39 is 4.87 Å². The summed E-state index contributed by atoms with van der Waals surface area (Å²) in [6.45, 7) is 2.01. The van der Waals surface area contributed by atoms with Gasteiger partial charge < -0.3 is 9.52 Å². The average molecular weight is 260 g/mol. The largest absolute Gasteiger partial charge is 0.508 e. The summed E-state index contributed by atoms with van der Waals surface area (Å²) in [5.74, 6) is 1.06. The van der Waals surface area contributed by atoms with Gasteiger partial charge >= 0.3 is 0 Å². The van der Waals surface area contributed by atoms with E-state index in [4.69, 9.17) is 4.42 Å². The Morgan fingerprint density at radius 2 is 2.22 bits per heavy atom. The second-order valence-electron chi connectivity index (χ2n) is 4.19. The van der Waals surface area contributed by atoms with Crippen LogP contribution >= 0.6 is 11.8 Å². The Balaban J connectivity index is 1.87. The predicted octanol–water partition coefficient (Wildman–Crippen LogP) is 2.86. The third-order valence-electron chi connectivity index (χ3n) is 2.76. The lowest BCUT2D eigenvalue weighted by Crippen LogP contribution is -2.27. The maximum absolute atomic E-state index is 9.48. The molecule has 1 aromatic heterocycles. The summed E-state index contributed by atoms with van der Waals surface area (Å²) in [6.07, 6.45) is 1.65. The van der Waals surface area contributed by atoms with Gasteiger partial charge in [-0.05, 0) is 31.2 Å². The zero-order chi connectivity index (χ0) is 12.6. The van der Waals surface area contributed by atoms with Gasteiger partial charge in [-0.1, -0.05) is 23.9 Å². The quantitative estimate of drug-likeness (QED) is 0.871. The Bertz CT molecular complexity index is 595. The van der Waals surface area contributed by atoms with Crippen LogP contribution in [0.4, 0.5) is 0 Å². The standard InChI is InChI=1S/C13H12N2O2S/c1-13(11-6-3-7-17-11)15-14-12(18-13)9-4-2-5-10(16)8-9/h2-8,15-16H,1H3. The maximum Gasteiger partial charge on any atom is 0.160 e. The van der Waals surface area contributed by atoms with E-state index >= 15 is 0 Å². The number of phenols is 1. The van der Waals surface area contributed by atoms with Crippen molar-refractivity contribution in [3.8, 4) is 5.75 Å². The fraction of sp³-hybridized carbons (Fsp3) is 0.154. The zero-order valence-electron chi connectivity index (χ0n) is 9.75. The van der Waals surface area contributed by atoms with Gasteiger partial charge in [0.25, 0.3) is 0 Å². The molecule has 3 rings (SSSR count). The Morgan fingerprint density at radius 1 is 1.33 bits per heavy atom. The summed E-state index contributed by atoms with van der Waals surface area (Å²) in [5.41, 5.74) is 3.97. The number of nitrogens with one attached hydrogen (secondary N) is 1. The molecular formula is C13H12N2O2S. The topological polar surface area (TPSA) is 57.8 Å². The van der Waals surface area contributed by atoms with Gasteiger partial charge in [0, 0.05) is 5.56 Å². The number of hydrazone groups is 1. The van der Waals surface area contributed by atoms with Crippen molar-refractivity contribution in [3.63, 3.8) is 0 Å². The van der Waals surface area contributed by atoms with Gasteiger partial charge in [0.15, 0.2) is 4.87 Å². The van der Waals surface area contributed by atoms with Crippen LogP contribution in [0.1, 0.15) is 18.2 Å². The van der Waals surface area contributed by atoms with Crippen LogP contribution < -0.4 is 5.43 Å². The van der Waals surface area contributed by atoms with Crippen molar-refractivity contribution in [3.05, 3.63) is 54.0 Å². The number of phenolic OH excluding ortho intramolecular Hbond substituents is 1. The molecule has 5 heteroatoms. The Hall–Kier alpha value is -1.88. The van der Waals surface area contributed by atoms with Crippen LogP contribution in [0.5, 0.6) is 5.75 Å². The molecule has 0 saturated heterocycles. The number of aromatic hydroxyl groups is 1. The number of nitrogens with zero attached hydrogens (tertiary/aromatic N) is 1. The molecule has 0 amide bonds. The molecule has 1 aromatic carbocycles. The number of rotatable bonds is 2. The molecular weight excluding hydrogens is 248 g/mol. The lowest BCUT2D eigenvalue weighted by atomic mass is 10.2. The second kappa shape index (κ2) is 4.10. The van der Waals surface area contributed by atoms with Crippen LogP contribution in [0.3, 0.4) is 0 Å². The highest BCUT2D eigenvalue weighted by Crippen LogP contribution is 2.40. The highest BCUT2D eigenvalue weighted by molar-refractivity contribution is 8.15. The summed E-state index contributed by atoms with van der Waals surface area (Å²) >= 11 is 1.57. The van der Waals surface area contributed by atoms with Crippen LogP contribution in [-0.2, 0) is 4.87 Å². The van der Waals surface area contributed by atoms with Crippen molar-refractivity contribution in [2.24, 2.45) is 5.10 Å². The third kappa shape index (κ3) is 1.86. The molecule has 0 bridgehead atoms. The molecule has 0 radical (unpaired) electrons. The first-order valence-electron chi connectivity index (χ1n) is 5.55. The van der Waals surface area contributed by atoms with Gasteiger partial charge in [0.2, 0.25) is 0 Å². The molecule has 1 atom stereocenters. The van der Waals surface area contributed by atoms with E-state index in [9.17, 15) is 5.11 Å². The van der Waals surface area contributed by atoms with E-state index in [1.807, 2.05) is 25.1 Å². The number of thioether (sulfide) groups is 1. The summed E-state index contributed by atoms with van der Waals surface area (Å²) in [5, 5.41) is 14.6. The molecule has 0 fully saturated rings. The molecule has 1 aliphatic heterocycles. The highest BCUT2D eigenvalue weighted by Gasteiger charge is 2.37. The van der Waals surface area contributed by atoms with E-state index in [-0.39, 0.29) is 5.75 Å². The Kier molecular flexibility index (Phi) is 2.56. The molecule has 4 nitrogen and oxygen atoms in total. The van der Waals surface area contributed by atoms with Gasteiger partial charge in [0.1, 0.15) is 16.6 Å². The van der Waals surface area contributed by atoms with E-state index in [0.717, 1.165) is 16.4 Å². The van der Waals surface area contributed by atoms with Crippen molar-refractivity contribution in [1.29, 1.82) is 0 Å². The zero-order valence-corrected chi connectivity index (χ0v) is 10.6. The lowest BCUT2D eigenvalue weighted by Gasteiger charge is -2.19. The van der Waals surface area contributed by atoms with Gasteiger partial charge in [-0.15, -0.1) is 0 Å². The SMILES string of the molecule is CC1(c2ccco2)NN=C(c2cccc(O)c2)S1. The summed E-state index contributed by atoms with van der Waals surface area (Å²) < 4.78 is 5.42. The fourth-order valence-corrected chi connectivity index (χ4v) is 2.85.